The van der Waals surface area contributed by atoms with Crippen LogP contribution >= 0.6 is 15.9 Å². The third-order valence-electron chi connectivity index (χ3n) is 1.51. The summed E-state index contributed by atoms with van der Waals surface area (Å²) in [5, 5.41) is 0. The van der Waals surface area contributed by atoms with Crippen molar-refractivity contribution in [1.82, 2.24) is 4.98 Å². The first-order valence-electron chi connectivity index (χ1n) is 4.08. The van der Waals surface area contributed by atoms with E-state index in [-0.39, 0.29) is 0 Å². The second kappa shape index (κ2) is 5.02. The van der Waals surface area contributed by atoms with Crippen molar-refractivity contribution in [1.29, 1.82) is 0 Å². The fraction of sp³-hybridized carbons (Fsp3) is 0.300. The quantitative estimate of drug-likeness (QED) is 0.597. The standard InChI is InChI=1S/C10H12BrNO/c1-8(2)5-7-13-9-4-3-6-12-10(9)11/h3-4,6H,1,5,7H2,2H3. The van der Waals surface area contributed by atoms with Crippen LogP contribution in [0.25, 0.3) is 0 Å². The molecular formula is C10H12BrNO. The van der Waals surface area contributed by atoms with E-state index in [1.54, 1.807) is 6.20 Å². The topological polar surface area (TPSA) is 22.1 Å². The summed E-state index contributed by atoms with van der Waals surface area (Å²) in [6, 6.07) is 3.73. The molecule has 0 amide bonds. The van der Waals surface area contributed by atoms with E-state index in [0.717, 1.165) is 22.3 Å². The lowest BCUT2D eigenvalue weighted by molar-refractivity contribution is 0.318. The number of aromatic nitrogens is 1. The molecule has 0 N–H and O–H groups in total. The first-order valence-corrected chi connectivity index (χ1v) is 4.87. The molecule has 1 aromatic rings. The zero-order chi connectivity index (χ0) is 9.68. The Labute approximate surface area is 86.8 Å². The lowest BCUT2D eigenvalue weighted by Gasteiger charge is -2.06. The minimum atomic E-state index is 0.652. The maximum absolute atomic E-state index is 5.48. The number of pyridine rings is 1. The zero-order valence-electron chi connectivity index (χ0n) is 7.59. The molecule has 1 heterocycles. The number of ether oxygens (including phenoxy) is 1. The number of hydrogen-bond donors (Lipinski definition) is 0. The van der Waals surface area contributed by atoms with Crippen molar-refractivity contribution in [2.45, 2.75) is 13.3 Å². The molecule has 1 aromatic heterocycles. The van der Waals surface area contributed by atoms with E-state index in [2.05, 4.69) is 27.5 Å². The van der Waals surface area contributed by atoms with Crippen molar-refractivity contribution in [3.63, 3.8) is 0 Å². The second-order valence-corrected chi connectivity index (χ2v) is 3.60. The van der Waals surface area contributed by atoms with Crippen LogP contribution in [0.1, 0.15) is 13.3 Å². The third kappa shape index (κ3) is 3.59. The molecule has 0 aliphatic heterocycles. The lowest BCUT2D eigenvalue weighted by atomic mass is 10.3. The first-order chi connectivity index (χ1) is 6.20. The molecule has 0 atom stereocenters. The summed E-state index contributed by atoms with van der Waals surface area (Å²) in [6.07, 6.45) is 2.59. The van der Waals surface area contributed by atoms with Gasteiger partial charge in [0.2, 0.25) is 0 Å². The molecule has 0 spiro atoms. The van der Waals surface area contributed by atoms with Crippen molar-refractivity contribution in [3.8, 4) is 5.75 Å². The van der Waals surface area contributed by atoms with Gasteiger partial charge in [-0.2, -0.15) is 0 Å². The lowest BCUT2D eigenvalue weighted by Crippen LogP contribution is -1.98. The minimum Gasteiger partial charge on any atom is -0.490 e. The van der Waals surface area contributed by atoms with E-state index in [1.165, 1.54) is 0 Å². The summed E-state index contributed by atoms with van der Waals surface area (Å²) >= 11 is 3.30. The number of rotatable bonds is 4. The smallest absolute Gasteiger partial charge is 0.152 e. The predicted octanol–water partition coefficient (Wildman–Crippen LogP) is 3.19. The van der Waals surface area contributed by atoms with Crippen LogP contribution in [-0.2, 0) is 0 Å². The van der Waals surface area contributed by atoms with Crippen LogP contribution in [0.3, 0.4) is 0 Å². The summed E-state index contributed by atoms with van der Waals surface area (Å²) in [6.45, 7) is 6.44. The Hall–Kier alpha value is -0.830. The van der Waals surface area contributed by atoms with Crippen molar-refractivity contribution in [2.75, 3.05) is 6.61 Å². The highest BCUT2D eigenvalue weighted by Gasteiger charge is 1.99. The van der Waals surface area contributed by atoms with Gasteiger partial charge in [-0.05, 0) is 35.0 Å². The maximum atomic E-state index is 5.48. The highest BCUT2D eigenvalue weighted by molar-refractivity contribution is 9.10. The van der Waals surface area contributed by atoms with Crippen LogP contribution in [0.5, 0.6) is 5.75 Å². The molecule has 0 aliphatic carbocycles. The zero-order valence-corrected chi connectivity index (χ0v) is 9.17. The Bertz CT molecular complexity index is 299. The van der Waals surface area contributed by atoms with Crippen LogP contribution in [0.15, 0.2) is 35.1 Å². The van der Waals surface area contributed by atoms with Gasteiger partial charge >= 0.3 is 0 Å². The van der Waals surface area contributed by atoms with Gasteiger partial charge in [0, 0.05) is 12.6 Å². The highest BCUT2D eigenvalue weighted by Crippen LogP contribution is 2.21. The van der Waals surface area contributed by atoms with E-state index in [0.29, 0.717) is 6.61 Å². The molecule has 0 bridgehead atoms. The Morgan fingerprint density at radius 1 is 1.69 bits per heavy atom. The fourth-order valence-corrected chi connectivity index (χ4v) is 1.18. The van der Waals surface area contributed by atoms with Crippen molar-refractivity contribution in [2.24, 2.45) is 0 Å². The molecule has 0 radical (unpaired) electrons. The molecule has 0 fully saturated rings. The largest absolute Gasteiger partial charge is 0.490 e. The molecule has 0 unspecified atom stereocenters. The van der Waals surface area contributed by atoms with Crippen LogP contribution in [0, 0.1) is 0 Å². The van der Waals surface area contributed by atoms with E-state index in [4.69, 9.17) is 4.74 Å². The van der Waals surface area contributed by atoms with E-state index in [9.17, 15) is 0 Å². The Morgan fingerprint density at radius 2 is 2.46 bits per heavy atom. The summed E-state index contributed by atoms with van der Waals surface area (Å²) in [4.78, 5) is 4.05. The molecule has 1 rings (SSSR count). The number of halogens is 1. The SMILES string of the molecule is C=C(C)CCOc1cccnc1Br. The molecule has 0 saturated carbocycles. The van der Waals surface area contributed by atoms with Gasteiger partial charge in [0.15, 0.2) is 5.75 Å². The Morgan fingerprint density at radius 3 is 3.08 bits per heavy atom. The van der Waals surface area contributed by atoms with E-state index < -0.39 is 0 Å². The van der Waals surface area contributed by atoms with Crippen LogP contribution in [0.4, 0.5) is 0 Å². The monoisotopic (exact) mass is 241 g/mol. The van der Waals surface area contributed by atoms with Crippen molar-refractivity contribution in [3.05, 3.63) is 35.1 Å². The average molecular weight is 242 g/mol. The summed E-state index contributed by atoms with van der Waals surface area (Å²) < 4.78 is 6.22. The fourth-order valence-electron chi connectivity index (χ4n) is 0.814. The van der Waals surface area contributed by atoms with Crippen molar-refractivity contribution >= 4 is 15.9 Å². The van der Waals surface area contributed by atoms with Gasteiger partial charge in [-0.25, -0.2) is 4.98 Å². The highest BCUT2D eigenvalue weighted by atomic mass is 79.9. The van der Waals surface area contributed by atoms with Crippen molar-refractivity contribution < 1.29 is 4.74 Å². The van der Waals surface area contributed by atoms with Gasteiger partial charge in [0.25, 0.3) is 0 Å². The number of nitrogens with zero attached hydrogens (tertiary/aromatic N) is 1. The Balaban J connectivity index is 2.45. The second-order valence-electron chi connectivity index (χ2n) is 2.85. The van der Waals surface area contributed by atoms with Crippen LogP contribution in [0.2, 0.25) is 0 Å². The third-order valence-corrected chi connectivity index (χ3v) is 2.11. The van der Waals surface area contributed by atoms with Gasteiger partial charge in [-0.3, -0.25) is 0 Å². The molecule has 70 valence electrons. The van der Waals surface area contributed by atoms with E-state index in [1.807, 2.05) is 19.1 Å². The van der Waals surface area contributed by atoms with E-state index >= 15 is 0 Å². The van der Waals surface area contributed by atoms with Gasteiger partial charge in [-0.1, -0.05) is 5.57 Å². The van der Waals surface area contributed by atoms with Crippen LogP contribution in [-0.4, -0.2) is 11.6 Å². The van der Waals surface area contributed by atoms with Gasteiger partial charge in [-0.15, -0.1) is 6.58 Å². The number of hydrogen-bond acceptors (Lipinski definition) is 2. The maximum Gasteiger partial charge on any atom is 0.152 e. The predicted molar refractivity (Wildman–Crippen MR) is 56.9 cm³/mol. The molecular weight excluding hydrogens is 230 g/mol. The van der Waals surface area contributed by atoms with Gasteiger partial charge in [0.05, 0.1) is 6.61 Å². The summed E-state index contributed by atoms with van der Waals surface area (Å²) in [5.74, 6) is 0.781. The first kappa shape index (κ1) is 10.3. The summed E-state index contributed by atoms with van der Waals surface area (Å²) in [5.41, 5.74) is 1.13. The average Bonchev–Trinajstić information content (AvgIpc) is 2.08. The molecule has 3 heteroatoms. The van der Waals surface area contributed by atoms with Gasteiger partial charge < -0.3 is 4.74 Å². The Kier molecular flexibility index (Phi) is 3.96. The van der Waals surface area contributed by atoms with Crippen LogP contribution < -0.4 is 4.74 Å². The normalized spacial score (nSPS) is 9.69. The minimum absolute atomic E-state index is 0.652. The summed E-state index contributed by atoms with van der Waals surface area (Å²) in [7, 11) is 0. The molecule has 0 aromatic carbocycles. The molecule has 0 saturated heterocycles. The molecule has 13 heavy (non-hydrogen) atoms. The molecule has 0 aliphatic rings. The van der Waals surface area contributed by atoms with Gasteiger partial charge in [0.1, 0.15) is 4.60 Å². The molecule has 2 nitrogen and oxygen atoms in total.